The van der Waals surface area contributed by atoms with Crippen molar-refractivity contribution in [2.45, 2.75) is 66.3 Å². The van der Waals surface area contributed by atoms with Gasteiger partial charge in [0.2, 0.25) is 0 Å². The summed E-state index contributed by atoms with van der Waals surface area (Å²) >= 11 is 0. The average molecular weight is 544 g/mol. The SMILES string of the molecule is C=C(NCCCC)c1ccc(OCCC(C)N2CCN(C3=NC(C(C)C)=NC3)CC2)c(F)c1.CCC(=O)C=O. The summed E-state index contributed by atoms with van der Waals surface area (Å²) in [4.78, 5) is 33.3. The van der Waals surface area contributed by atoms with Gasteiger partial charge in [0.25, 0.3) is 0 Å². The van der Waals surface area contributed by atoms with Crippen molar-refractivity contribution in [2.75, 3.05) is 45.9 Å². The third-order valence-electron chi connectivity index (χ3n) is 6.87. The van der Waals surface area contributed by atoms with Crippen LogP contribution in [-0.2, 0) is 9.59 Å². The van der Waals surface area contributed by atoms with Crippen LogP contribution in [0.25, 0.3) is 5.70 Å². The summed E-state index contributed by atoms with van der Waals surface area (Å²) in [7, 11) is 0. The van der Waals surface area contributed by atoms with Crippen LogP contribution >= 0.6 is 0 Å². The highest BCUT2D eigenvalue weighted by Gasteiger charge is 2.25. The van der Waals surface area contributed by atoms with E-state index in [0.717, 1.165) is 74.9 Å². The highest BCUT2D eigenvalue weighted by Crippen LogP contribution is 2.22. The summed E-state index contributed by atoms with van der Waals surface area (Å²) in [5.41, 5.74) is 1.51. The predicted molar refractivity (Wildman–Crippen MR) is 157 cm³/mol. The Labute approximate surface area is 233 Å². The summed E-state index contributed by atoms with van der Waals surface area (Å²) in [6.45, 7) is 20.3. The molecule has 39 heavy (non-hydrogen) atoms. The molecule has 2 aliphatic heterocycles. The minimum atomic E-state index is -0.340. The van der Waals surface area contributed by atoms with Crippen LogP contribution in [0, 0.1) is 11.7 Å². The number of nitrogens with zero attached hydrogens (tertiary/aromatic N) is 4. The van der Waals surface area contributed by atoms with E-state index >= 15 is 0 Å². The van der Waals surface area contributed by atoms with E-state index in [1.165, 1.54) is 6.07 Å². The molecule has 0 radical (unpaired) electrons. The van der Waals surface area contributed by atoms with Crippen molar-refractivity contribution in [1.29, 1.82) is 0 Å². The number of aldehydes is 1. The molecule has 1 aromatic rings. The maximum Gasteiger partial charge on any atom is 0.194 e. The molecule has 1 unspecified atom stereocenters. The van der Waals surface area contributed by atoms with Crippen LogP contribution in [0.15, 0.2) is 34.8 Å². The molecule has 3 rings (SSSR count). The van der Waals surface area contributed by atoms with Gasteiger partial charge in [-0.1, -0.05) is 40.7 Å². The zero-order chi connectivity index (χ0) is 28.8. The van der Waals surface area contributed by atoms with Crippen molar-refractivity contribution in [3.8, 4) is 5.75 Å². The number of ketones is 1. The summed E-state index contributed by atoms with van der Waals surface area (Å²) in [5, 5.41) is 3.24. The molecule has 216 valence electrons. The molecular weight excluding hydrogens is 497 g/mol. The van der Waals surface area contributed by atoms with Crippen LogP contribution in [-0.4, -0.2) is 85.5 Å². The van der Waals surface area contributed by atoms with Crippen molar-refractivity contribution in [3.63, 3.8) is 0 Å². The van der Waals surface area contributed by atoms with E-state index in [2.05, 4.69) is 54.4 Å². The van der Waals surface area contributed by atoms with Gasteiger partial charge < -0.3 is 15.0 Å². The molecule has 2 heterocycles. The van der Waals surface area contributed by atoms with Crippen molar-refractivity contribution in [2.24, 2.45) is 15.9 Å². The van der Waals surface area contributed by atoms with Gasteiger partial charge >= 0.3 is 0 Å². The number of carbonyl (C=O) groups is 2. The fourth-order valence-electron chi connectivity index (χ4n) is 4.19. The molecule has 2 aliphatic rings. The minimum absolute atomic E-state index is 0.303. The highest BCUT2D eigenvalue weighted by atomic mass is 19.1. The van der Waals surface area contributed by atoms with Gasteiger partial charge in [0.1, 0.15) is 11.7 Å². The summed E-state index contributed by atoms with van der Waals surface area (Å²) < 4.78 is 20.3. The number of aliphatic imine (C=N–C) groups is 2. The van der Waals surface area contributed by atoms with E-state index < -0.39 is 0 Å². The molecule has 0 bridgehead atoms. The normalized spacial score (nSPS) is 16.1. The molecular formula is C30H46FN5O3. The quantitative estimate of drug-likeness (QED) is 0.222. The van der Waals surface area contributed by atoms with Crippen LogP contribution in [0.5, 0.6) is 5.75 Å². The topological polar surface area (TPSA) is 86.6 Å². The second kappa shape index (κ2) is 16.8. The van der Waals surface area contributed by atoms with E-state index in [1.807, 2.05) is 6.07 Å². The van der Waals surface area contributed by atoms with Gasteiger partial charge in [-0.25, -0.2) is 9.38 Å². The Morgan fingerprint density at radius 3 is 2.46 bits per heavy atom. The van der Waals surface area contributed by atoms with Crippen LogP contribution < -0.4 is 10.1 Å². The maximum absolute atomic E-state index is 14.5. The molecule has 1 fully saturated rings. The monoisotopic (exact) mass is 543 g/mol. The third kappa shape index (κ3) is 10.5. The number of rotatable bonds is 13. The van der Waals surface area contributed by atoms with Crippen molar-refractivity contribution in [1.82, 2.24) is 15.1 Å². The smallest absolute Gasteiger partial charge is 0.194 e. The van der Waals surface area contributed by atoms with Crippen molar-refractivity contribution in [3.05, 3.63) is 36.2 Å². The molecule has 1 N–H and O–H groups in total. The fourth-order valence-corrected chi connectivity index (χ4v) is 4.19. The molecule has 0 spiro atoms. The Kier molecular flexibility index (Phi) is 13.8. The molecule has 0 amide bonds. The number of piperazine rings is 1. The van der Waals surface area contributed by atoms with E-state index in [1.54, 1.807) is 13.0 Å². The largest absolute Gasteiger partial charge is 0.490 e. The Morgan fingerprint density at radius 2 is 1.92 bits per heavy atom. The number of hydrogen-bond acceptors (Lipinski definition) is 8. The number of benzene rings is 1. The highest BCUT2D eigenvalue weighted by molar-refractivity contribution is 6.24. The van der Waals surface area contributed by atoms with Gasteiger partial charge in [0.05, 0.1) is 13.2 Å². The molecule has 1 atom stereocenters. The number of halogens is 1. The zero-order valence-electron chi connectivity index (χ0n) is 24.3. The molecule has 1 aromatic carbocycles. The van der Waals surface area contributed by atoms with Gasteiger partial charge in [0, 0.05) is 62.4 Å². The lowest BCUT2D eigenvalue weighted by Gasteiger charge is -2.38. The number of nitrogens with one attached hydrogen (secondary N) is 1. The fraction of sp³-hybridized carbons (Fsp3) is 0.600. The van der Waals surface area contributed by atoms with Crippen LogP contribution in [0.1, 0.15) is 65.9 Å². The van der Waals surface area contributed by atoms with Crippen LogP contribution in [0.3, 0.4) is 0 Å². The Bertz CT molecular complexity index is 1020. The first-order valence-electron chi connectivity index (χ1n) is 14.1. The van der Waals surface area contributed by atoms with Crippen molar-refractivity contribution < 1.29 is 18.7 Å². The number of Topliss-reactive ketones (excluding diaryl/α,β-unsaturated/α-hetero) is 1. The molecule has 9 heteroatoms. The van der Waals surface area contributed by atoms with Gasteiger partial charge in [-0.05, 0) is 38.0 Å². The predicted octanol–water partition coefficient (Wildman–Crippen LogP) is 4.59. The molecule has 0 aliphatic carbocycles. The van der Waals surface area contributed by atoms with Gasteiger partial charge in [-0.3, -0.25) is 19.5 Å². The minimum Gasteiger partial charge on any atom is -0.490 e. The van der Waals surface area contributed by atoms with Gasteiger partial charge in [-0.15, -0.1) is 0 Å². The average Bonchev–Trinajstić information content (AvgIpc) is 3.45. The number of ether oxygens (including phenoxy) is 1. The third-order valence-corrected chi connectivity index (χ3v) is 6.87. The van der Waals surface area contributed by atoms with Gasteiger partial charge in [0.15, 0.2) is 23.6 Å². The second-order valence-corrected chi connectivity index (χ2v) is 10.2. The zero-order valence-corrected chi connectivity index (χ0v) is 24.3. The maximum atomic E-state index is 14.5. The van der Waals surface area contributed by atoms with E-state index in [4.69, 9.17) is 9.73 Å². The second-order valence-electron chi connectivity index (χ2n) is 10.2. The first kappa shape index (κ1) is 32.1. The molecule has 0 saturated carbocycles. The van der Waals surface area contributed by atoms with Crippen LogP contribution in [0.4, 0.5) is 4.39 Å². The summed E-state index contributed by atoms with van der Waals surface area (Å²) in [6, 6.07) is 5.45. The first-order valence-corrected chi connectivity index (χ1v) is 14.1. The number of carbonyl (C=O) groups excluding carboxylic acids is 2. The summed E-state index contributed by atoms with van der Waals surface area (Å²) in [6.07, 6.45) is 3.69. The Balaban J connectivity index is 0.000000798. The summed E-state index contributed by atoms with van der Waals surface area (Å²) in [5.74, 6) is 2.08. The lowest BCUT2D eigenvalue weighted by atomic mass is 10.1. The van der Waals surface area contributed by atoms with Crippen LogP contribution in [0.2, 0.25) is 0 Å². The molecule has 8 nitrogen and oxygen atoms in total. The van der Waals surface area contributed by atoms with E-state index in [9.17, 15) is 14.0 Å². The van der Waals surface area contributed by atoms with Gasteiger partial charge in [-0.2, -0.15) is 0 Å². The van der Waals surface area contributed by atoms with Crippen molar-refractivity contribution >= 4 is 29.4 Å². The van der Waals surface area contributed by atoms with E-state index in [-0.39, 0.29) is 11.6 Å². The first-order chi connectivity index (χ1) is 18.7. The Hall–Kier alpha value is -3.07. The lowest BCUT2D eigenvalue weighted by molar-refractivity contribution is -0.129. The standard InChI is InChI=1S/C26H40FN5O.C4H6O2/c1-6-7-11-28-21(5)22-8-9-24(23(27)17-22)33-16-10-20(4)31-12-14-32(15-13-31)25-18-29-26(30-25)19(2)3;1-2-4(6)3-5/h8-9,17,19-20,28H,5-7,10-16,18H2,1-4H3;3H,2H2,1H3. The number of unbranched alkanes of at least 4 members (excludes halogenated alkanes) is 1. The Morgan fingerprint density at radius 1 is 1.21 bits per heavy atom. The lowest BCUT2D eigenvalue weighted by Crippen LogP contribution is -2.51. The van der Waals surface area contributed by atoms with E-state index in [0.29, 0.717) is 43.6 Å². The molecule has 1 saturated heterocycles. The number of hydrogen-bond donors (Lipinski definition) is 1. The molecule has 0 aromatic heterocycles. The number of amidine groups is 2.